The van der Waals surface area contributed by atoms with Gasteiger partial charge in [-0.3, -0.25) is 4.79 Å². The zero-order valence-corrected chi connectivity index (χ0v) is 17.4. The molecule has 3 aromatic heterocycles. The van der Waals surface area contributed by atoms with Crippen LogP contribution in [0.25, 0.3) is 5.78 Å². The topological polar surface area (TPSA) is 96.0 Å². The van der Waals surface area contributed by atoms with Crippen LogP contribution >= 0.6 is 23.1 Å². The van der Waals surface area contributed by atoms with Crippen LogP contribution < -0.4 is 5.32 Å². The molecule has 0 aromatic carbocycles. The molecule has 0 saturated carbocycles. The van der Waals surface area contributed by atoms with Crippen molar-refractivity contribution in [3.63, 3.8) is 0 Å². The summed E-state index contributed by atoms with van der Waals surface area (Å²) in [6, 6.07) is 4.23. The average molecular weight is 413 g/mol. The molecular formula is C19H20N6OS2. The van der Waals surface area contributed by atoms with Crippen molar-refractivity contribution in [3.8, 4) is 6.07 Å². The Balaban J connectivity index is 1.45. The number of aromatic nitrogens is 4. The van der Waals surface area contributed by atoms with Crippen LogP contribution in [0.3, 0.4) is 0 Å². The number of aryl methyl sites for hydroxylation is 3. The summed E-state index contributed by atoms with van der Waals surface area (Å²) >= 11 is 2.81. The minimum Gasteiger partial charge on any atom is -0.316 e. The van der Waals surface area contributed by atoms with E-state index in [1.165, 1.54) is 23.1 Å². The second kappa shape index (κ2) is 7.89. The van der Waals surface area contributed by atoms with Gasteiger partial charge in [-0.05, 0) is 51.2 Å². The van der Waals surface area contributed by atoms with Crippen molar-refractivity contribution in [2.45, 2.75) is 51.1 Å². The van der Waals surface area contributed by atoms with Crippen molar-refractivity contribution in [1.29, 1.82) is 5.26 Å². The third kappa shape index (κ3) is 3.75. The maximum Gasteiger partial charge on any atom is 0.253 e. The number of carbonyl (C=O) groups excluding carboxylic acids is 1. The van der Waals surface area contributed by atoms with Gasteiger partial charge in [0.2, 0.25) is 11.1 Å². The first kappa shape index (κ1) is 18.9. The zero-order valence-electron chi connectivity index (χ0n) is 15.8. The zero-order chi connectivity index (χ0) is 19.7. The molecule has 3 aromatic rings. The van der Waals surface area contributed by atoms with Gasteiger partial charge in [-0.1, -0.05) is 18.2 Å². The number of carbonyl (C=O) groups is 1. The molecule has 1 aliphatic carbocycles. The van der Waals surface area contributed by atoms with Crippen LogP contribution in [0, 0.1) is 25.2 Å². The number of amides is 1. The number of nitriles is 1. The summed E-state index contributed by atoms with van der Waals surface area (Å²) in [5.41, 5.74) is 3.60. The molecule has 28 heavy (non-hydrogen) atoms. The lowest BCUT2D eigenvalue weighted by molar-refractivity contribution is -0.113. The van der Waals surface area contributed by atoms with E-state index in [1.807, 2.05) is 19.9 Å². The summed E-state index contributed by atoms with van der Waals surface area (Å²) in [5.74, 6) is 0.564. The molecular weight excluding hydrogens is 392 g/mol. The third-order valence-electron chi connectivity index (χ3n) is 4.72. The summed E-state index contributed by atoms with van der Waals surface area (Å²) in [4.78, 5) is 22.4. The number of thiophene rings is 1. The predicted octanol–water partition coefficient (Wildman–Crippen LogP) is 3.67. The van der Waals surface area contributed by atoms with Crippen LogP contribution in [-0.4, -0.2) is 31.2 Å². The molecule has 0 fully saturated rings. The molecule has 0 radical (unpaired) electrons. The van der Waals surface area contributed by atoms with Gasteiger partial charge in [0.1, 0.15) is 11.1 Å². The molecule has 1 N–H and O–H groups in total. The first-order chi connectivity index (χ1) is 13.5. The highest BCUT2D eigenvalue weighted by molar-refractivity contribution is 7.99. The fourth-order valence-corrected chi connectivity index (χ4v) is 5.32. The lowest BCUT2D eigenvalue weighted by Gasteiger charge is -2.02. The van der Waals surface area contributed by atoms with Gasteiger partial charge in [-0.25, -0.2) is 9.50 Å². The van der Waals surface area contributed by atoms with Crippen molar-refractivity contribution in [2.24, 2.45) is 0 Å². The van der Waals surface area contributed by atoms with Gasteiger partial charge in [-0.15, -0.1) is 16.4 Å². The van der Waals surface area contributed by atoms with Crippen molar-refractivity contribution >= 4 is 39.8 Å². The Bertz CT molecular complexity index is 1090. The highest BCUT2D eigenvalue weighted by Crippen LogP contribution is 2.37. The summed E-state index contributed by atoms with van der Waals surface area (Å²) in [6.45, 7) is 3.86. The highest BCUT2D eigenvalue weighted by atomic mass is 32.2. The van der Waals surface area contributed by atoms with E-state index < -0.39 is 0 Å². The Kier molecular flexibility index (Phi) is 5.33. The number of nitrogens with one attached hydrogen (secondary N) is 1. The molecule has 9 heteroatoms. The molecule has 1 aliphatic rings. The van der Waals surface area contributed by atoms with E-state index in [-0.39, 0.29) is 11.7 Å². The number of rotatable bonds is 4. The largest absolute Gasteiger partial charge is 0.316 e. The van der Waals surface area contributed by atoms with Crippen molar-refractivity contribution in [3.05, 3.63) is 33.5 Å². The molecule has 1 amide bonds. The number of anilines is 1. The van der Waals surface area contributed by atoms with E-state index in [4.69, 9.17) is 0 Å². The van der Waals surface area contributed by atoms with Crippen LogP contribution in [0.15, 0.2) is 11.2 Å². The number of nitrogens with zero attached hydrogens (tertiary/aromatic N) is 5. The lowest BCUT2D eigenvalue weighted by atomic mass is 10.1. The van der Waals surface area contributed by atoms with Gasteiger partial charge in [0.15, 0.2) is 0 Å². The number of hydrogen-bond donors (Lipinski definition) is 1. The second-order valence-electron chi connectivity index (χ2n) is 6.86. The van der Waals surface area contributed by atoms with Gasteiger partial charge >= 0.3 is 0 Å². The first-order valence-electron chi connectivity index (χ1n) is 9.23. The number of hydrogen-bond acceptors (Lipinski definition) is 7. The molecule has 4 rings (SSSR count). The average Bonchev–Trinajstić information content (AvgIpc) is 3.13. The number of fused-ring (bicyclic) bond motifs is 2. The number of thioether (sulfide) groups is 1. The molecule has 0 unspecified atom stereocenters. The third-order valence-corrected chi connectivity index (χ3v) is 6.76. The Morgan fingerprint density at radius 2 is 2.14 bits per heavy atom. The summed E-state index contributed by atoms with van der Waals surface area (Å²) < 4.78 is 1.68. The van der Waals surface area contributed by atoms with Gasteiger partial charge < -0.3 is 5.32 Å². The summed E-state index contributed by atoms with van der Waals surface area (Å²) in [5, 5.41) is 18.1. The standard InChI is InChI=1S/C19H20N6OS2/c1-11-8-12(2)25-18(21-11)23-19(24-25)27-10-16(26)22-17-14(9-20)13-6-4-3-5-7-15(13)28-17/h8H,3-7,10H2,1-2H3,(H,22,26). The van der Waals surface area contributed by atoms with Crippen LogP contribution in [0.1, 0.15) is 46.7 Å². The minimum absolute atomic E-state index is 0.155. The maximum absolute atomic E-state index is 12.5. The van der Waals surface area contributed by atoms with Gasteiger partial charge in [0.05, 0.1) is 11.3 Å². The normalized spacial score (nSPS) is 13.8. The smallest absolute Gasteiger partial charge is 0.253 e. The van der Waals surface area contributed by atoms with Crippen LogP contribution in [0.5, 0.6) is 0 Å². The molecule has 0 atom stereocenters. The Labute approximate surface area is 171 Å². The van der Waals surface area contributed by atoms with Gasteiger partial charge in [0.25, 0.3) is 5.78 Å². The second-order valence-corrected chi connectivity index (χ2v) is 8.91. The molecule has 3 heterocycles. The molecule has 144 valence electrons. The molecule has 7 nitrogen and oxygen atoms in total. The van der Waals surface area contributed by atoms with E-state index in [1.54, 1.807) is 15.9 Å². The highest BCUT2D eigenvalue weighted by Gasteiger charge is 2.21. The lowest BCUT2D eigenvalue weighted by Crippen LogP contribution is -2.14. The van der Waals surface area contributed by atoms with E-state index in [9.17, 15) is 10.1 Å². The fourth-order valence-electron chi connectivity index (χ4n) is 3.45. The van der Waals surface area contributed by atoms with E-state index in [2.05, 4.69) is 26.5 Å². The Morgan fingerprint density at radius 3 is 2.96 bits per heavy atom. The molecule has 0 saturated heterocycles. The minimum atomic E-state index is -0.155. The Hall–Kier alpha value is -2.44. The molecule has 0 spiro atoms. The van der Waals surface area contributed by atoms with E-state index in [0.717, 1.165) is 42.6 Å². The fraction of sp³-hybridized carbons (Fsp3) is 0.421. The Morgan fingerprint density at radius 1 is 1.32 bits per heavy atom. The SMILES string of the molecule is Cc1cc(C)n2nc(SCC(=O)Nc3sc4c(c3C#N)CCCCC4)nc2n1. The van der Waals surface area contributed by atoms with Gasteiger partial charge in [-0.2, -0.15) is 10.2 Å². The van der Waals surface area contributed by atoms with Gasteiger partial charge in [0, 0.05) is 16.3 Å². The predicted molar refractivity (Wildman–Crippen MR) is 110 cm³/mol. The first-order valence-corrected chi connectivity index (χ1v) is 11.0. The van der Waals surface area contributed by atoms with Crippen molar-refractivity contribution in [1.82, 2.24) is 19.6 Å². The molecule has 0 bridgehead atoms. The van der Waals surface area contributed by atoms with Crippen LogP contribution in [0.2, 0.25) is 0 Å². The van der Waals surface area contributed by atoms with E-state index >= 15 is 0 Å². The summed E-state index contributed by atoms with van der Waals surface area (Å²) in [6.07, 6.45) is 5.37. The summed E-state index contributed by atoms with van der Waals surface area (Å²) in [7, 11) is 0. The van der Waals surface area contributed by atoms with Crippen LogP contribution in [-0.2, 0) is 17.6 Å². The van der Waals surface area contributed by atoms with Crippen molar-refractivity contribution < 1.29 is 4.79 Å². The monoisotopic (exact) mass is 412 g/mol. The van der Waals surface area contributed by atoms with Crippen molar-refractivity contribution in [2.75, 3.05) is 11.1 Å². The quantitative estimate of drug-likeness (QED) is 0.519. The van der Waals surface area contributed by atoms with Crippen LogP contribution in [0.4, 0.5) is 5.00 Å². The molecule has 0 aliphatic heterocycles. The maximum atomic E-state index is 12.5. The van der Waals surface area contributed by atoms with E-state index in [0.29, 0.717) is 21.5 Å².